The number of hydrogen-bond donors (Lipinski definition) is 1. The van der Waals surface area contributed by atoms with Crippen LogP contribution in [0, 0.1) is 0 Å². The van der Waals surface area contributed by atoms with Crippen molar-refractivity contribution < 1.29 is 27.8 Å². The summed E-state index contributed by atoms with van der Waals surface area (Å²) in [5.41, 5.74) is 0.869. The van der Waals surface area contributed by atoms with Gasteiger partial charge in [0.1, 0.15) is 0 Å². The standard InChI is InChI=1S/C20H20F2N2O4/c1-27-16-6-4-5-15(17(16)28-20(21)22)18(25)23-14-9-7-13(8-10-14)19(26)24-11-2-3-12-24/h4-10,20H,2-3,11-12H2,1H3,(H,23,25). The van der Waals surface area contributed by atoms with Crippen molar-refractivity contribution in [2.24, 2.45) is 0 Å². The zero-order valence-electron chi connectivity index (χ0n) is 15.3. The number of likely N-dealkylation sites (tertiary alicyclic amines) is 1. The van der Waals surface area contributed by atoms with Crippen LogP contribution in [0.1, 0.15) is 33.6 Å². The van der Waals surface area contributed by atoms with Crippen LogP contribution < -0.4 is 14.8 Å². The minimum atomic E-state index is -3.10. The number of carbonyl (C=O) groups excluding carboxylic acids is 2. The van der Waals surface area contributed by atoms with Crippen molar-refractivity contribution in [3.63, 3.8) is 0 Å². The summed E-state index contributed by atoms with van der Waals surface area (Å²) in [6.45, 7) is -1.60. The highest BCUT2D eigenvalue weighted by molar-refractivity contribution is 6.07. The Bertz CT molecular complexity index is 850. The predicted molar refractivity (Wildman–Crippen MR) is 99.2 cm³/mol. The molecule has 28 heavy (non-hydrogen) atoms. The molecule has 1 N–H and O–H groups in total. The second-order valence-electron chi connectivity index (χ2n) is 6.25. The van der Waals surface area contributed by atoms with E-state index in [1.54, 1.807) is 29.2 Å². The molecular weight excluding hydrogens is 370 g/mol. The van der Waals surface area contributed by atoms with E-state index in [1.807, 2.05) is 0 Å². The summed E-state index contributed by atoms with van der Waals surface area (Å²) >= 11 is 0. The summed E-state index contributed by atoms with van der Waals surface area (Å²) in [5, 5.41) is 2.61. The average Bonchev–Trinajstić information content (AvgIpc) is 3.22. The average molecular weight is 390 g/mol. The number of carbonyl (C=O) groups is 2. The molecule has 1 saturated heterocycles. The van der Waals surface area contributed by atoms with Gasteiger partial charge in [0.2, 0.25) is 0 Å². The molecule has 0 unspecified atom stereocenters. The van der Waals surface area contributed by atoms with Crippen LogP contribution in [-0.2, 0) is 0 Å². The van der Waals surface area contributed by atoms with E-state index in [-0.39, 0.29) is 23.0 Å². The van der Waals surface area contributed by atoms with Gasteiger partial charge in [0.15, 0.2) is 11.5 Å². The summed E-state index contributed by atoms with van der Waals surface area (Å²) in [5.74, 6) is -0.984. The minimum Gasteiger partial charge on any atom is -0.493 e. The van der Waals surface area contributed by atoms with E-state index in [9.17, 15) is 18.4 Å². The third-order valence-electron chi connectivity index (χ3n) is 4.43. The highest BCUT2D eigenvalue weighted by Gasteiger charge is 2.21. The number of nitrogens with zero attached hydrogens (tertiary/aromatic N) is 1. The fourth-order valence-corrected chi connectivity index (χ4v) is 3.06. The molecule has 3 rings (SSSR count). The van der Waals surface area contributed by atoms with E-state index < -0.39 is 12.5 Å². The first-order chi connectivity index (χ1) is 13.5. The van der Waals surface area contributed by atoms with Crippen molar-refractivity contribution in [1.29, 1.82) is 0 Å². The van der Waals surface area contributed by atoms with Gasteiger partial charge in [-0.05, 0) is 49.2 Å². The van der Waals surface area contributed by atoms with Crippen LogP contribution >= 0.6 is 0 Å². The number of methoxy groups -OCH3 is 1. The molecular formula is C20H20F2N2O4. The van der Waals surface area contributed by atoms with E-state index >= 15 is 0 Å². The maximum absolute atomic E-state index is 12.7. The number of para-hydroxylation sites is 1. The van der Waals surface area contributed by atoms with Crippen molar-refractivity contribution >= 4 is 17.5 Å². The van der Waals surface area contributed by atoms with Gasteiger partial charge in [0.25, 0.3) is 11.8 Å². The number of anilines is 1. The molecule has 1 aliphatic rings. The fraction of sp³-hybridized carbons (Fsp3) is 0.300. The summed E-state index contributed by atoms with van der Waals surface area (Å²) in [7, 11) is 1.30. The highest BCUT2D eigenvalue weighted by atomic mass is 19.3. The zero-order valence-corrected chi connectivity index (χ0v) is 15.3. The van der Waals surface area contributed by atoms with Crippen LogP contribution in [0.4, 0.5) is 14.5 Å². The number of nitrogens with one attached hydrogen (secondary N) is 1. The molecule has 0 bridgehead atoms. The van der Waals surface area contributed by atoms with Crippen molar-refractivity contribution in [2.75, 3.05) is 25.5 Å². The Hall–Kier alpha value is -3.16. The largest absolute Gasteiger partial charge is 0.493 e. The first-order valence-electron chi connectivity index (χ1n) is 8.82. The Kier molecular flexibility index (Phi) is 6.08. The van der Waals surface area contributed by atoms with E-state index in [2.05, 4.69) is 10.1 Å². The lowest BCUT2D eigenvalue weighted by atomic mass is 10.1. The maximum Gasteiger partial charge on any atom is 0.387 e. The number of rotatable bonds is 6. The van der Waals surface area contributed by atoms with Gasteiger partial charge in [-0.25, -0.2) is 0 Å². The van der Waals surface area contributed by atoms with Gasteiger partial charge in [0.05, 0.1) is 12.7 Å². The Morgan fingerprint density at radius 3 is 2.36 bits per heavy atom. The van der Waals surface area contributed by atoms with Crippen LogP contribution in [-0.4, -0.2) is 43.5 Å². The van der Waals surface area contributed by atoms with E-state index in [0.717, 1.165) is 25.9 Å². The Morgan fingerprint density at radius 2 is 1.75 bits per heavy atom. The smallest absolute Gasteiger partial charge is 0.387 e. The van der Waals surface area contributed by atoms with Gasteiger partial charge >= 0.3 is 6.61 Å². The number of halogens is 2. The summed E-state index contributed by atoms with van der Waals surface area (Å²) < 4.78 is 34.9. The second-order valence-corrected chi connectivity index (χ2v) is 6.25. The summed E-state index contributed by atoms with van der Waals surface area (Å²) in [6, 6.07) is 10.7. The fourth-order valence-electron chi connectivity index (χ4n) is 3.06. The van der Waals surface area contributed by atoms with Crippen LogP contribution in [0.2, 0.25) is 0 Å². The molecule has 2 aromatic rings. The lowest BCUT2D eigenvalue weighted by molar-refractivity contribution is -0.0515. The molecule has 2 amide bonds. The molecule has 1 heterocycles. The molecule has 0 atom stereocenters. The maximum atomic E-state index is 12.7. The quantitative estimate of drug-likeness (QED) is 0.815. The normalized spacial score (nSPS) is 13.5. The molecule has 0 spiro atoms. The molecule has 1 aliphatic heterocycles. The first kappa shape index (κ1) is 19.6. The molecule has 0 aromatic heterocycles. The number of hydrogen-bond acceptors (Lipinski definition) is 4. The number of ether oxygens (including phenoxy) is 2. The minimum absolute atomic E-state index is 0.0273. The van der Waals surface area contributed by atoms with Gasteiger partial charge < -0.3 is 19.7 Å². The predicted octanol–water partition coefficient (Wildman–Crippen LogP) is 3.78. The number of benzene rings is 2. The van der Waals surface area contributed by atoms with Gasteiger partial charge in [-0.3, -0.25) is 9.59 Å². The van der Waals surface area contributed by atoms with Crippen molar-refractivity contribution in [1.82, 2.24) is 4.90 Å². The van der Waals surface area contributed by atoms with Crippen LogP contribution in [0.15, 0.2) is 42.5 Å². The monoisotopic (exact) mass is 390 g/mol. The third-order valence-corrected chi connectivity index (χ3v) is 4.43. The number of amides is 2. The molecule has 0 radical (unpaired) electrons. The Labute approximate surface area is 161 Å². The van der Waals surface area contributed by atoms with Gasteiger partial charge in [-0.2, -0.15) is 8.78 Å². The van der Waals surface area contributed by atoms with E-state index in [4.69, 9.17) is 4.74 Å². The molecule has 0 aliphatic carbocycles. The lowest BCUT2D eigenvalue weighted by Gasteiger charge is -2.16. The van der Waals surface area contributed by atoms with Gasteiger partial charge in [-0.1, -0.05) is 6.07 Å². The third kappa shape index (κ3) is 4.39. The molecule has 2 aromatic carbocycles. The first-order valence-corrected chi connectivity index (χ1v) is 8.82. The molecule has 6 nitrogen and oxygen atoms in total. The van der Waals surface area contributed by atoms with Crippen molar-refractivity contribution in [2.45, 2.75) is 19.5 Å². The zero-order chi connectivity index (χ0) is 20.1. The van der Waals surface area contributed by atoms with E-state index in [0.29, 0.717) is 11.3 Å². The summed E-state index contributed by atoms with van der Waals surface area (Å²) in [6.07, 6.45) is 2.01. The molecule has 8 heteroatoms. The van der Waals surface area contributed by atoms with Gasteiger partial charge in [-0.15, -0.1) is 0 Å². The Balaban J connectivity index is 1.75. The van der Waals surface area contributed by atoms with Crippen LogP contribution in [0.25, 0.3) is 0 Å². The highest BCUT2D eigenvalue weighted by Crippen LogP contribution is 2.33. The lowest BCUT2D eigenvalue weighted by Crippen LogP contribution is -2.27. The van der Waals surface area contributed by atoms with Crippen LogP contribution in [0.5, 0.6) is 11.5 Å². The summed E-state index contributed by atoms with van der Waals surface area (Å²) in [4.78, 5) is 26.7. The SMILES string of the molecule is COc1cccc(C(=O)Nc2ccc(C(=O)N3CCCC3)cc2)c1OC(F)F. The Morgan fingerprint density at radius 1 is 1.07 bits per heavy atom. The topological polar surface area (TPSA) is 67.9 Å². The van der Waals surface area contributed by atoms with E-state index in [1.165, 1.54) is 25.3 Å². The van der Waals surface area contributed by atoms with Crippen LogP contribution in [0.3, 0.4) is 0 Å². The van der Waals surface area contributed by atoms with Crippen molar-refractivity contribution in [3.05, 3.63) is 53.6 Å². The molecule has 0 saturated carbocycles. The van der Waals surface area contributed by atoms with Gasteiger partial charge in [0, 0.05) is 24.3 Å². The second kappa shape index (κ2) is 8.69. The van der Waals surface area contributed by atoms with Crippen molar-refractivity contribution in [3.8, 4) is 11.5 Å². The molecule has 148 valence electrons. The number of alkyl halides is 2. The molecule has 1 fully saturated rings.